The largest absolute Gasteiger partial charge is 0.462 e. The fraction of sp³-hybridized carbons (Fsp3) is 0.375. The number of halogens is 1. The van der Waals surface area contributed by atoms with Crippen molar-refractivity contribution in [2.75, 3.05) is 26.7 Å². The van der Waals surface area contributed by atoms with Gasteiger partial charge in [0, 0.05) is 39.7 Å². The Balaban J connectivity index is 2.07. The average molecular weight is 412 g/mol. The number of aromatic nitrogens is 1. The number of aromatic amines is 1. The predicted octanol–water partition coefficient (Wildman–Crippen LogP) is 2.34. The molecule has 1 aliphatic rings. The summed E-state index contributed by atoms with van der Waals surface area (Å²) in [7, 11) is 2.10. The van der Waals surface area contributed by atoms with Crippen LogP contribution in [0.4, 0.5) is 0 Å². The van der Waals surface area contributed by atoms with E-state index in [1.165, 1.54) is 11.8 Å². The lowest BCUT2D eigenvalue weighted by Crippen LogP contribution is -2.42. The number of nitrogens with zero attached hydrogens (tertiary/aromatic N) is 1. The van der Waals surface area contributed by atoms with Crippen LogP contribution in [0.5, 0.6) is 0 Å². The Morgan fingerprint density at radius 2 is 2.18 bits per heavy atom. The number of rotatable bonds is 3. The minimum atomic E-state index is -0.578. The van der Waals surface area contributed by atoms with Crippen LogP contribution in [-0.4, -0.2) is 42.6 Å². The molecule has 5 nitrogen and oxygen atoms in total. The highest BCUT2D eigenvalue weighted by Gasteiger charge is 2.27. The zero-order chi connectivity index (χ0) is 15.9. The standard InChI is InChI=1S/C16H17IN2O3/c1-3-22-16(21)12-6-18-14-5-10(9-7-19(2)8-9)13(17)4-11(14)15(12)20/h4-6,9H,3,7-8H2,1-2H3,(H,18,20). The third-order valence-electron chi connectivity index (χ3n) is 4.00. The number of ether oxygens (including phenoxy) is 1. The van der Waals surface area contributed by atoms with Gasteiger partial charge in [-0.25, -0.2) is 4.79 Å². The number of esters is 1. The number of nitrogens with one attached hydrogen (secondary N) is 1. The first kappa shape index (κ1) is 15.5. The lowest BCUT2D eigenvalue weighted by molar-refractivity contribution is 0.0524. The Bertz CT molecular complexity index is 794. The fourth-order valence-electron chi connectivity index (χ4n) is 2.83. The van der Waals surface area contributed by atoms with Crippen LogP contribution in [0.2, 0.25) is 0 Å². The van der Waals surface area contributed by atoms with Gasteiger partial charge in [0.05, 0.1) is 6.61 Å². The molecule has 116 valence electrons. The molecular weight excluding hydrogens is 395 g/mol. The molecule has 3 rings (SSSR count). The fourth-order valence-corrected chi connectivity index (χ4v) is 3.73. The summed E-state index contributed by atoms with van der Waals surface area (Å²) in [5.74, 6) is -0.0695. The van der Waals surface area contributed by atoms with E-state index in [9.17, 15) is 9.59 Å². The van der Waals surface area contributed by atoms with Crippen LogP contribution in [-0.2, 0) is 4.74 Å². The van der Waals surface area contributed by atoms with Gasteiger partial charge in [0.25, 0.3) is 0 Å². The predicted molar refractivity (Wildman–Crippen MR) is 93.5 cm³/mol. The molecule has 0 aliphatic carbocycles. The number of likely N-dealkylation sites (tertiary alicyclic amines) is 1. The van der Waals surface area contributed by atoms with Crippen LogP contribution < -0.4 is 5.43 Å². The summed E-state index contributed by atoms with van der Waals surface area (Å²) >= 11 is 2.26. The maximum atomic E-state index is 12.5. The Morgan fingerprint density at radius 1 is 1.45 bits per heavy atom. The van der Waals surface area contributed by atoms with E-state index in [0.29, 0.717) is 11.3 Å². The number of likely N-dealkylation sites (N-methyl/N-ethyl adjacent to an activating group) is 1. The zero-order valence-electron chi connectivity index (χ0n) is 12.5. The smallest absolute Gasteiger partial charge is 0.343 e. The molecule has 1 saturated heterocycles. The van der Waals surface area contributed by atoms with Gasteiger partial charge < -0.3 is 14.6 Å². The number of benzene rings is 1. The molecule has 6 heteroatoms. The molecule has 1 aromatic carbocycles. The third kappa shape index (κ3) is 2.65. The quantitative estimate of drug-likeness (QED) is 0.621. The number of fused-ring (bicyclic) bond motifs is 1. The molecule has 0 saturated carbocycles. The van der Waals surface area contributed by atoms with Crippen molar-refractivity contribution in [3.05, 3.63) is 43.2 Å². The molecule has 1 N–H and O–H groups in total. The Kier molecular flexibility index (Phi) is 4.22. The monoisotopic (exact) mass is 412 g/mol. The van der Waals surface area contributed by atoms with Crippen LogP contribution in [0.1, 0.15) is 28.8 Å². The Hall–Kier alpha value is -1.41. The van der Waals surface area contributed by atoms with E-state index in [2.05, 4.69) is 39.5 Å². The van der Waals surface area contributed by atoms with Gasteiger partial charge in [0.2, 0.25) is 5.43 Å². The number of hydrogen-bond donors (Lipinski definition) is 1. The van der Waals surface area contributed by atoms with E-state index < -0.39 is 5.97 Å². The number of pyridine rings is 1. The van der Waals surface area contributed by atoms with E-state index >= 15 is 0 Å². The number of carbonyl (C=O) groups is 1. The van der Waals surface area contributed by atoms with Crippen LogP contribution >= 0.6 is 22.6 Å². The van der Waals surface area contributed by atoms with E-state index in [0.717, 1.165) is 22.2 Å². The Labute approximate surface area is 141 Å². The lowest BCUT2D eigenvalue weighted by atomic mass is 9.91. The molecule has 22 heavy (non-hydrogen) atoms. The van der Waals surface area contributed by atoms with Crippen molar-refractivity contribution in [3.8, 4) is 0 Å². The van der Waals surface area contributed by atoms with Crippen LogP contribution in [0, 0.1) is 3.57 Å². The molecule has 1 aromatic heterocycles. The molecule has 0 amide bonds. The highest BCUT2D eigenvalue weighted by Crippen LogP contribution is 2.31. The molecule has 0 radical (unpaired) electrons. The van der Waals surface area contributed by atoms with Gasteiger partial charge in [-0.15, -0.1) is 0 Å². The molecule has 1 aliphatic heterocycles. The summed E-state index contributed by atoms with van der Waals surface area (Å²) in [4.78, 5) is 29.6. The van der Waals surface area contributed by atoms with E-state index in [-0.39, 0.29) is 17.6 Å². The maximum Gasteiger partial charge on any atom is 0.343 e. The molecule has 2 heterocycles. The van der Waals surface area contributed by atoms with Gasteiger partial charge in [0.15, 0.2) is 0 Å². The minimum absolute atomic E-state index is 0.0567. The van der Waals surface area contributed by atoms with Crippen LogP contribution in [0.15, 0.2) is 23.1 Å². The van der Waals surface area contributed by atoms with Gasteiger partial charge in [0.1, 0.15) is 5.56 Å². The number of carbonyl (C=O) groups excluding carboxylic acids is 1. The van der Waals surface area contributed by atoms with Gasteiger partial charge in [-0.3, -0.25) is 4.79 Å². The van der Waals surface area contributed by atoms with Crippen molar-refractivity contribution in [1.29, 1.82) is 0 Å². The third-order valence-corrected chi connectivity index (χ3v) is 4.93. The van der Waals surface area contributed by atoms with Crippen molar-refractivity contribution in [1.82, 2.24) is 9.88 Å². The van der Waals surface area contributed by atoms with Crippen molar-refractivity contribution in [2.24, 2.45) is 0 Å². The topological polar surface area (TPSA) is 62.4 Å². The number of H-pyrrole nitrogens is 1. The lowest BCUT2D eigenvalue weighted by Gasteiger charge is -2.37. The van der Waals surface area contributed by atoms with Crippen molar-refractivity contribution in [3.63, 3.8) is 0 Å². The molecule has 2 aromatic rings. The first-order chi connectivity index (χ1) is 10.5. The molecule has 0 unspecified atom stereocenters. The maximum absolute atomic E-state index is 12.5. The van der Waals surface area contributed by atoms with Crippen LogP contribution in [0.3, 0.4) is 0 Å². The van der Waals surface area contributed by atoms with Gasteiger partial charge >= 0.3 is 5.97 Å². The SMILES string of the molecule is CCOC(=O)c1c[nH]c2cc(C3CN(C)C3)c(I)cc2c1=O. The van der Waals surface area contributed by atoms with Crippen molar-refractivity contribution in [2.45, 2.75) is 12.8 Å². The van der Waals surface area contributed by atoms with Gasteiger partial charge in [-0.2, -0.15) is 0 Å². The zero-order valence-corrected chi connectivity index (χ0v) is 14.6. The first-order valence-electron chi connectivity index (χ1n) is 7.21. The summed E-state index contributed by atoms with van der Waals surface area (Å²) in [6, 6.07) is 3.90. The van der Waals surface area contributed by atoms with Crippen molar-refractivity contribution < 1.29 is 9.53 Å². The highest BCUT2D eigenvalue weighted by atomic mass is 127. The van der Waals surface area contributed by atoms with E-state index in [4.69, 9.17) is 4.74 Å². The second-order valence-corrected chi connectivity index (χ2v) is 6.75. The molecule has 0 spiro atoms. The molecule has 0 atom stereocenters. The highest BCUT2D eigenvalue weighted by molar-refractivity contribution is 14.1. The Morgan fingerprint density at radius 3 is 2.82 bits per heavy atom. The van der Waals surface area contributed by atoms with Gasteiger partial charge in [-0.1, -0.05) is 0 Å². The second-order valence-electron chi connectivity index (χ2n) is 5.59. The van der Waals surface area contributed by atoms with E-state index in [1.54, 1.807) is 6.92 Å². The summed E-state index contributed by atoms with van der Waals surface area (Å²) in [5, 5.41) is 0.534. The van der Waals surface area contributed by atoms with Gasteiger partial charge in [-0.05, 0) is 54.3 Å². The second kappa shape index (κ2) is 6.00. The van der Waals surface area contributed by atoms with Crippen molar-refractivity contribution >= 4 is 39.5 Å². The average Bonchev–Trinajstić information content (AvgIpc) is 2.45. The molecule has 1 fully saturated rings. The summed E-state index contributed by atoms with van der Waals surface area (Å²) in [5.41, 5.74) is 1.80. The summed E-state index contributed by atoms with van der Waals surface area (Å²) in [6.45, 7) is 4.04. The van der Waals surface area contributed by atoms with Crippen LogP contribution in [0.25, 0.3) is 10.9 Å². The number of hydrogen-bond acceptors (Lipinski definition) is 4. The molecule has 0 bridgehead atoms. The van der Waals surface area contributed by atoms with E-state index in [1.807, 2.05) is 12.1 Å². The summed E-state index contributed by atoms with van der Waals surface area (Å²) in [6.07, 6.45) is 1.45. The summed E-state index contributed by atoms with van der Waals surface area (Å²) < 4.78 is 5.99. The first-order valence-corrected chi connectivity index (χ1v) is 8.29. The normalized spacial score (nSPS) is 15.8. The minimum Gasteiger partial charge on any atom is -0.462 e. The molecular formula is C16H17IN2O3.